The standard InChI is InChI=1S/C15H23N3OS/c1-10-11(2)20-8-7-18(10)15(19)13-9-12(16)5-6-14(13)17(3)4/h5-6,9-11H,7-8,16H2,1-4H3. The van der Waals surface area contributed by atoms with Gasteiger partial charge in [0.05, 0.1) is 5.56 Å². The summed E-state index contributed by atoms with van der Waals surface area (Å²) >= 11 is 1.93. The molecule has 110 valence electrons. The van der Waals surface area contributed by atoms with Crippen LogP contribution in [0.3, 0.4) is 0 Å². The van der Waals surface area contributed by atoms with Gasteiger partial charge >= 0.3 is 0 Å². The number of nitrogen functional groups attached to an aromatic ring is 1. The van der Waals surface area contributed by atoms with E-state index in [1.807, 2.05) is 47.8 Å². The van der Waals surface area contributed by atoms with Crippen LogP contribution < -0.4 is 10.6 Å². The van der Waals surface area contributed by atoms with E-state index in [1.54, 1.807) is 6.07 Å². The van der Waals surface area contributed by atoms with E-state index in [0.29, 0.717) is 16.5 Å². The number of benzene rings is 1. The number of nitrogens with two attached hydrogens (primary N) is 1. The molecule has 4 nitrogen and oxygen atoms in total. The number of rotatable bonds is 2. The number of amides is 1. The molecule has 0 aromatic heterocycles. The third kappa shape index (κ3) is 2.87. The molecule has 1 saturated heterocycles. The highest BCUT2D eigenvalue weighted by Crippen LogP contribution is 2.29. The summed E-state index contributed by atoms with van der Waals surface area (Å²) in [5.74, 6) is 1.08. The van der Waals surface area contributed by atoms with Crippen LogP contribution in [0.5, 0.6) is 0 Å². The molecule has 20 heavy (non-hydrogen) atoms. The quantitative estimate of drug-likeness (QED) is 0.850. The molecule has 0 bridgehead atoms. The average molecular weight is 293 g/mol. The van der Waals surface area contributed by atoms with E-state index in [1.165, 1.54) is 0 Å². The van der Waals surface area contributed by atoms with Gasteiger partial charge in [0.15, 0.2) is 0 Å². The zero-order valence-corrected chi connectivity index (χ0v) is 13.4. The first-order valence-electron chi connectivity index (χ1n) is 6.91. The van der Waals surface area contributed by atoms with Crippen molar-refractivity contribution in [2.24, 2.45) is 0 Å². The van der Waals surface area contributed by atoms with Gasteiger partial charge < -0.3 is 15.5 Å². The molecule has 5 heteroatoms. The Labute approximate surface area is 125 Å². The summed E-state index contributed by atoms with van der Waals surface area (Å²) in [4.78, 5) is 16.8. The molecule has 0 saturated carbocycles. The summed E-state index contributed by atoms with van der Waals surface area (Å²) in [6.07, 6.45) is 0. The van der Waals surface area contributed by atoms with Crippen molar-refractivity contribution in [3.8, 4) is 0 Å². The van der Waals surface area contributed by atoms with Gasteiger partial charge in [-0.1, -0.05) is 6.92 Å². The number of anilines is 2. The number of carbonyl (C=O) groups is 1. The number of carbonyl (C=O) groups excluding carboxylic acids is 1. The van der Waals surface area contributed by atoms with E-state index in [4.69, 9.17) is 5.73 Å². The van der Waals surface area contributed by atoms with Gasteiger partial charge in [0.2, 0.25) is 0 Å². The van der Waals surface area contributed by atoms with Crippen LogP contribution in [-0.2, 0) is 0 Å². The lowest BCUT2D eigenvalue weighted by Crippen LogP contribution is -2.48. The minimum Gasteiger partial charge on any atom is -0.399 e. The average Bonchev–Trinajstić information content (AvgIpc) is 2.40. The summed E-state index contributed by atoms with van der Waals surface area (Å²) in [6.45, 7) is 5.11. The van der Waals surface area contributed by atoms with Gasteiger partial charge in [-0.05, 0) is 25.1 Å². The molecule has 2 rings (SSSR count). The van der Waals surface area contributed by atoms with Crippen molar-refractivity contribution in [3.63, 3.8) is 0 Å². The monoisotopic (exact) mass is 293 g/mol. The lowest BCUT2D eigenvalue weighted by Gasteiger charge is -2.38. The van der Waals surface area contributed by atoms with Gasteiger partial charge in [-0.25, -0.2) is 0 Å². The maximum Gasteiger partial charge on any atom is 0.256 e. The number of thioether (sulfide) groups is 1. The molecule has 2 atom stereocenters. The van der Waals surface area contributed by atoms with E-state index in [-0.39, 0.29) is 11.9 Å². The molecule has 0 radical (unpaired) electrons. The van der Waals surface area contributed by atoms with Gasteiger partial charge in [0, 0.05) is 49.1 Å². The van der Waals surface area contributed by atoms with Crippen molar-refractivity contribution in [2.45, 2.75) is 25.1 Å². The third-order valence-electron chi connectivity index (χ3n) is 3.88. The van der Waals surface area contributed by atoms with Crippen molar-refractivity contribution < 1.29 is 4.79 Å². The number of nitrogens with zero attached hydrogens (tertiary/aromatic N) is 2. The van der Waals surface area contributed by atoms with Gasteiger partial charge in [-0.2, -0.15) is 11.8 Å². The summed E-state index contributed by atoms with van der Waals surface area (Å²) in [6, 6.07) is 5.79. The normalized spacial score (nSPS) is 22.7. The van der Waals surface area contributed by atoms with Crippen LogP contribution in [0.15, 0.2) is 18.2 Å². The highest BCUT2D eigenvalue weighted by Gasteiger charge is 2.30. The molecule has 1 heterocycles. The van der Waals surface area contributed by atoms with Gasteiger partial charge in [-0.3, -0.25) is 4.79 Å². The summed E-state index contributed by atoms with van der Waals surface area (Å²) in [5, 5.41) is 0.469. The number of hydrogen-bond acceptors (Lipinski definition) is 4. The largest absolute Gasteiger partial charge is 0.399 e. The zero-order chi connectivity index (χ0) is 14.9. The smallest absolute Gasteiger partial charge is 0.256 e. The molecule has 2 N–H and O–H groups in total. The van der Waals surface area contributed by atoms with Crippen molar-refractivity contribution in [1.82, 2.24) is 4.90 Å². The molecule has 1 aliphatic rings. The number of hydrogen-bond donors (Lipinski definition) is 1. The first-order chi connectivity index (χ1) is 9.41. The molecule has 2 unspecified atom stereocenters. The Morgan fingerprint density at radius 1 is 1.40 bits per heavy atom. The fourth-order valence-corrected chi connectivity index (χ4v) is 3.59. The van der Waals surface area contributed by atoms with Crippen LogP contribution in [0.2, 0.25) is 0 Å². The predicted molar refractivity (Wildman–Crippen MR) is 87.6 cm³/mol. The predicted octanol–water partition coefficient (Wildman–Crippen LogP) is 2.30. The first kappa shape index (κ1) is 15.0. The van der Waals surface area contributed by atoms with Crippen molar-refractivity contribution >= 4 is 29.0 Å². The topological polar surface area (TPSA) is 49.6 Å². The van der Waals surface area contributed by atoms with Crippen LogP contribution in [-0.4, -0.2) is 48.5 Å². The molecule has 1 fully saturated rings. The van der Waals surface area contributed by atoms with Crippen LogP contribution in [0.1, 0.15) is 24.2 Å². The maximum atomic E-state index is 12.9. The van der Waals surface area contributed by atoms with Crippen molar-refractivity contribution in [3.05, 3.63) is 23.8 Å². The molecule has 1 aromatic rings. The molecule has 1 amide bonds. The highest BCUT2D eigenvalue weighted by atomic mass is 32.2. The van der Waals surface area contributed by atoms with E-state index in [0.717, 1.165) is 18.0 Å². The first-order valence-corrected chi connectivity index (χ1v) is 7.96. The van der Waals surface area contributed by atoms with Crippen LogP contribution in [0, 0.1) is 0 Å². The SMILES string of the molecule is CC1SCCN(C(=O)c2cc(N)ccc2N(C)C)C1C. The molecular formula is C15H23N3OS. The Morgan fingerprint density at radius 3 is 2.75 bits per heavy atom. The Bertz CT molecular complexity index is 504. The van der Waals surface area contributed by atoms with E-state index in [2.05, 4.69) is 13.8 Å². The fourth-order valence-electron chi connectivity index (χ4n) is 2.49. The van der Waals surface area contributed by atoms with Crippen LogP contribution in [0.4, 0.5) is 11.4 Å². The third-order valence-corrected chi connectivity index (χ3v) is 5.22. The van der Waals surface area contributed by atoms with Crippen molar-refractivity contribution in [1.29, 1.82) is 0 Å². The Kier molecular flexibility index (Phi) is 4.48. The Morgan fingerprint density at radius 2 is 2.10 bits per heavy atom. The summed E-state index contributed by atoms with van der Waals surface area (Å²) in [5.41, 5.74) is 8.11. The minimum absolute atomic E-state index is 0.0839. The molecule has 0 aliphatic carbocycles. The second-order valence-corrected chi connectivity index (χ2v) is 6.97. The fraction of sp³-hybridized carbons (Fsp3) is 0.533. The second-order valence-electron chi connectivity index (χ2n) is 5.49. The molecular weight excluding hydrogens is 270 g/mol. The van der Waals surface area contributed by atoms with Crippen LogP contribution >= 0.6 is 11.8 Å². The molecule has 1 aliphatic heterocycles. The minimum atomic E-state index is 0.0839. The summed E-state index contributed by atoms with van der Waals surface area (Å²) < 4.78 is 0. The molecule has 1 aromatic carbocycles. The van der Waals surface area contributed by atoms with E-state index >= 15 is 0 Å². The Balaban J connectivity index is 2.35. The molecule has 0 spiro atoms. The van der Waals surface area contributed by atoms with Crippen molar-refractivity contribution in [2.75, 3.05) is 37.0 Å². The maximum absolute atomic E-state index is 12.9. The summed E-state index contributed by atoms with van der Waals surface area (Å²) in [7, 11) is 3.89. The van der Waals surface area contributed by atoms with E-state index in [9.17, 15) is 4.79 Å². The zero-order valence-electron chi connectivity index (χ0n) is 12.6. The Hall–Kier alpha value is -1.36. The lowest BCUT2D eigenvalue weighted by atomic mass is 10.1. The van der Waals surface area contributed by atoms with Gasteiger partial charge in [0.1, 0.15) is 0 Å². The highest BCUT2D eigenvalue weighted by molar-refractivity contribution is 8.00. The van der Waals surface area contributed by atoms with Crippen LogP contribution in [0.25, 0.3) is 0 Å². The van der Waals surface area contributed by atoms with Gasteiger partial charge in [-0.15, -0.1) is 0 Å². The van der Waals surface area contributed by atoms with Gasteiger partial charge in [0.25, 0.3) is 5.91 Å². The second kappa shape index (κ2) is 5.95. The lowest BCUT2D eigenvalue weighted by molar-refractivity contribution is 0.0699. The van der Waals surface area contributed by atoms with E-state index < -0.39 is 0 Å².